The Balaban J connectivity index is 1.58. The van der Waals surface area contributed by atoms with Crippen LogP contribution >= 0.6 is 11.6 Å². The molecule has 0 saturated heterocycles. The van der Waals surface area contributed by atoms with Crippen LogP contribution in [-0.4, -0.2) is 23.7 Å². The van der Waals surface area contributed by atoms with Crippen LogP contribution in [0.15, 0.2) is 53.6 Å². The third-order valence-corrected chi connectivity index (χ3v) is 3.76. The van der Waals surface area contributed by atoms with Gasteiger partial charge >= 0.3 is 0 Å². The van der Waals surface area contributed by atoms with Crippen molar-refractivity contribution in [3.8, 4) is 5.75 Å². The molecule has 2 N–H and O–H groups in total. The number of H-pyrrole nitrogens is 1. The highest BCUT2D eigenvalue weighted by Gasteiger charge is 2.06. The molecule has 6 heteroatoms. The molecule has 0 aliphatic heterocycles. The molecule has 122 valence electrons. The van der Waals surface area contributed by atoms with Crippen LogP contribution in [0.25, 0.3) is 10.9 Å². The van der Waals surface area contributed by atoms with E-state index in [0.29, 0.717) is 10.8 Å². The van der Waals surface area contributed by atoms with Crippen molar-refractivity contribution in [2.45, 2.75) is 6.92 Å². The smallest absolute Gasteiger partial charge is 0.277 e. The average Bonchev–Trinajstić information content (AvgIpc) is 2.90. The minimum atomic E-state index is -0.335. The Morgan fingerprint density at radius 3 is 2.79 bits per heavy atom. The van der Waals surface area contributed by atoms with Crippen molar-refractivity contribution in [3.63, 3.8) is 0 Å². The molecule has 2 aromatic carbocycles. The van der Waals surface area contributed by atoms with Gasteiger partial charge in [0.1, 0.15) is 5.75 Å². The number of fused-ring (bicyclic) bond motifs is 1. The Bertz CT molecular complexity index is 885. The zero-order valence-electron chi connectivity index (χ0n) is 13.0. The molecule has 0 saturated carbocycles. The summed E-state index contributed by atoms with van der Waals surface area (Å²) in [5.74, 6) is 0.240. The molecular weight excluding hydrogens is 326 g/mol. The number of hydrazone groups is 1. The number of halogens is 1. The fourth-order valence-corrected chi connectivity index (χ4v) is 2.47. The third-order valence-electron chi connectivity index (χ3n) is 3.51. The van der Waals surface area contributed by atoms with E-state index in [1.54, 1.807) is 30.5 Å². The van der Waals surface area contributed by atoms with Gasteiger partial charge in [-0.2, -0.15) is 5.10 Å². The van der Waals surface area contributed by atoms with Crippen molar-refractivity contribution in [1.82, 2.24) is 10.4 Å². The Kier molecular flexibility index (Phi) is 4.82. The molecule has 0 unspecified atom stereocenters. The topological polar surface area (TPSA) is 66.5 Å². The van der Waals surface area contributed by atoms with E-state index in [1.165, 1.54) is 0 Å². The van der Waals surface area contributed by atoms with Gasteiger partial charge in [-0.05, 0) is 37.3 Å². The number of hydrogen-bond donors (Lipinski definition) is 2. The summed E-state index contributed by atoms with van der Waals surface area (Å²) in [6, 6.07) is 14.7. The summed E-state index contributed by atoms with van der Waals surface area (Å²) in [5, 5.41) is 5.68. The molecule has 24 heavy (non-hydrogen) atoms. The number of carbonyl (C=O) groups excluding carboxylic acids is 1. The number of nitrogens with zero attached hydrogens (tertiary/aromatic N) is 1. The predicted molar refractivity (Wildman–Crippen MR) is 95.7 cm³/mol. The molecule has 3 aromatic rings. The van der Waals surface area contributed by atoms with Gasteiger partial charge in [0.05, 0.1) is 6.21 Å². The summed E-state index contributed by atoms with van der Waals surface area (Å²) in [4.78, 5) is 15.1. The van der Waals surface area contributed by atoms with E-state index in [-0.39, 0.29) is 12.5 Å². The number of hydrogen-bond acceptors (Lipinski definition) is 3. The molecule has 0 aliphatic carbocycles. The normalized spacial score (nSPS) is 11.1. The first-order valence-corrected chi connectivity index (χ1v) is 7.79. The molecule has 5 nitrogen and oxygen atoms in total. The van der Waals surface area contributed by atoms with Crippen LogP contribution < -0.4 is 10.2 Å². The molecule has 0 bridgehead atoms. The maximum Gasteiger partial charge on any atom is 0.277 e. The standard InChI is InChI=1S/C18H16ClN3O2/c1-12-16(15-4-2-3-5-17(15)21-12)10-20-22-18(23)11-24-14-8-6-13(19)7-9-14/h2-10,21H,11H2,1H3,(H,22,23)/b20-10-. The van der Waals surface area contributed by atoms with E-state index in [0.717, 1.165) is 22.2 Å². The fraction of sp³-hybridized carbons (Fsp3) is 0.111. The maximum absolute atomic E-state index is 11.8. The Hall–Kier alpha value is -2.79. The number of ether oxygens (including phenoxy) is 1. The Morgan fingerprint density at radius 2 is 2.00 bits per heavy atom. The molecule has 3 rings (SSSR count). The second-order valence-corrected chi connectivity index (χ2v) is 5.68. The lowest BCUT2D eigenvalue weighted by molar-refractivity contribution is -0.123. The predicted octanol–water partition coefficient (Wildman–Crippen LogP) is 3.66. The number of benzene rings is 2. The van der Waals surface area contributed by atoms with E-state index in [9.17, 15) is 4.79 Å². The number of aromatic nitrogens is 1. The van der Waals surface area contributed by atoms with Crippen LogP contribution in [-0.2, 0) is 4.79 Å². The van der Waals surface area contributed by atoms with Gasteiger partial charge in [0.15, 0.2) is 6.61 Å². The summed E-state index contributed by atoms with van der Waals surface area (Å²) in [7, 11) is 0. The molecule has 1 heterocycles. The molecule has 0 spiro atoms. The van der Waals surface area contributed by atoms with Crippen LogP contribution in [0.5, 0.6) is 5.75 Å². The van der Waals surface area contributed by atoms with Crippen molar-refractivity contribution in [2.24, 2.45) is 5.10 Å². The summed E-state index contributed by atoms with van der Waals surface area (Å²) in [6.45, 7) is 1.85. The lowest BCUT2D eigenvalue weighted by Gasteiger charge is -2.04. The van der Waals surface area contributed by atoms with Gasteiger partial charge in [-0.1, -0.05) is 29.8 Å². The first kappa shape index (κ1) is 16.1. The second kappa shape index (κ2) is 7.19. The van der Waals surface area contributed by atoms with Gasteiger partial charge in [0, 0.05) is 27.2 Å². The van der Waals surface area contributed by atoms with Crippen molar-refractivity contribution in [3.05, 3.63) is 64.8 Å². The molecule has 1 aromatic heterocycles. The molecule has 0 radical (unpaired) electrons. The molecular formula is C18H16ClN3O2. The largest absolute Gasteiger partial charge is 0.484 e. The van der Waals surface area contributed by atoms with Gasteiger partial charge in [-0.25, -0.2) is 5.43 Å². The Morgan fingerprint density at radius 1 is 1.25 bits per heavy atom. The fourth-order valence-electron chi connectivity index (χ4n) is 2.35. The van der Waals surface area contributed by atoms with Crippen molar-refractivity contribution >= 4 is 34.6 Å². The first-order chi connectivity index (χ1) is 11.6. The quantitative estimate of drug-likeness (QED) is 0.549. The highest BCUT2D eigenvalue weighted by Crippen LogP contribution is 2.19. The zero-order valence-corrected chi connectivity index (χ0v) is 13.8. The number of amides is 1. The van der Waals surface area contributed by atoms with Gasteiger partial charge in [0.25, 0.3) is 5.91 Å². The van der Waals surface area contributed by atoms with Crippen LogP contribution in [0.4, 0.5) is 0 Å². The van der Waals surface area contributed by atoms with Gasteiger partial charge in [-0.3, -0.25) is 4.79 Å². The first-order valence-electron chi connectivity index (χ1n) is 7.41. The van der Waals surface area contributed by atoms with E-state index in [1.807, 2.05) is 31.2 Å². The highest BCUT2D eigenvalue weighted by atomic mass is 35.5. The number of para-hydroxylation sites is 1. The molecule has 0 aliphatic rings. The maximum atomic E-state index is 11.8. The van der Waals surface area contributed by atoms with Crippen LogP contribution in [0.3, 0.4) is 0 Å². The molecule has 1 amide bonds. The lowest BCUT2D eigenvalue weighted by Crippen LogP contribution is -2.24. The highest BCUT2D eigenvalue weighted by molar-refractivity contribution is 6.30. The number of nitrogens with one attached hydrogen (secondary N) is 2. The van der Waals surface area contributed by atoms with Crippen molar-refractivity contribution < 1.29 is 9.53 Å². The van der Waals surface area contributed by atoms with Crippen LogP contribution in [0.1, 0.15) is 11.3 Å². The number of carbonyl (C=O) groups is 1. The third kappa shape index (κ3) is 3.75. The molecule has 0 atom stereocenters. The van der Waals surface area contributed by atoms with E-state index in [4.69, 9.17) is 16.3 Å². The second-order valence-electron chi connectivity index (χ2n) is 5.25. The summed E-state index contributed by atoms with van der Waals surface area (Å²) in [5.41, 5.74) is 5.44. The Labute approximate surface area is 144 Å². The van der Waals surface area contributed by atoms with Crippen LogP contribution in [0.2, 0.25) is 5.02 Å². The van der Waals surface area contributed by atoms with E-state index in [2.05, 4.69) is 15.5 Å². The van der Waals surface area contributed by atoms with Gasteiger partial charge in [0.2, 0.25) is 0 Å². The van der Waals surface area contributed by atoms with E-state index < -0.39 is 0 Å². The van der Waals surface area contributed by atoms with Gasteiger partial charge in [-0.15, -0.1) is 0 Å². The average molecular weight is 342 g/mol. The summed E-state index contributed by atoms with van der Waals surface area (Å²) < 4.78 is 5.35. The van der Waals surface area contributed by atoms with E-state index >= 15 is 0 Å². The SMILES string of the molecule is Cc1[nH]c2ccccc2c1/C=N\NC(=O)COc1ccc(Cl)cc1. The monoisotopic (exact) mass is 341 g/mol. The van der Waals surface area contributed by atoms with Gasteiger partial charge < -0.3 is 9.72 Å². The van der Waals surface area contributed by atoms with Crippen LogP contribution in [0, 0.1) is 6.92 Å². The number of rotatable bonds is 5. The number of aryl methyl sites for hydroxylation is 1. The number of aromatic amines is 1. The van der Waals surface area contributed by atoms with Crippen molar-refractivity contribution in [1.29, 1.82) is 0 Å². The summed E-state index contributed by atoms with van der Waals surface area (Å²) >= 11 is 5.79. The minimum Gasteiger partial charge on any atom is -0.484 e. The summed E-state index contributed by atoms with van der Waals surface area (Å²) in [6.07, 6.45) is 1.63. The zero-order chi connectivity index (χ0) is 16.9. The minimum absolute atomic E-state index is 0.119. The lowest BCUT2D eigenvalue weighted by atomic mass is 10.1. The van der Waals surface area contributed by atoms with Crippen molar-refractivity contribution in [2.75, 3.05) is 6.61 Å². The molecule has 0 fully saturated rings.